The molecule has 3 heterocycles. The average Bonchev–Trinajstić information content (AvgIpc) is 3.42. The van der Waals surface area contributed by atoms with Crippen LogP contribution >= 0.6 is 11.8 Å². The monoisotopic (exact) mass is 458 g/mol. The Morgan fingerprint density at radius 2 is 1.97 bits per heavy atom. The van der Waals surface area contributed by atoms with E-state index in [4.69, 9.17) is 9.73 Å². The van der Waals surface area contributed by atoms with Crippen molar-refractivity contribution in [2.24, 2.45) is 10.9 Å². The van der Waals surface area contributed by atoms with Crippen LogP contribution in [0.15, 0.2) is 35.5 Å². The molecule has 1 saturated heterocycles. The molecule has 8 heteroatoms. The van der Waals surface area contributed by atoms with Gasteiger partial charge in [0.05, 0.1) is 23.0 Å². The number of nitrogens with one attached hydrogen (secondary N) is 1. The third-order valence-electron chi connectivity index (χ3n) is 5.90. The third kappa shape index (κ3) is 5.23. The van der Waals surface area contributed by atoms with Gasteiger partial charge in [0.1, 0.15) is 16.9 Å². The molecule has 0 aliphatic carbocycles. The van der Waals surface area contributed by atoms with Crippen LogP contribution in [-0.4, -0.2) is 52.3 Å². The first kappa shape index (κ1) is 23.0. The Balaban J connectivity index is 1.50. The number of aromatic nitrogens is 2. The maximum atomic E-state index is 13.5. The van der Waals surface area contributed by atoms with Crippen molar-refractivity contribution in [2.45, 2.75) is 51.6 Å². The predicted octanol–water partition coefficient (Wildman–Crippen LogP) is 4.24. The van der Waals surface area contributed by atoms with E-state index in [2.05, 4.69) is 31.2 Å². The van der Waals surface area contributed by atoms with Gasteiger partial charge in [-0.15, -0.1) is 11.8 Å². The maximum Gasteiger partial charge on any atom is 0.245 e. The van der Waals surface area contributed by atoms with Crippen LogP contribution in [0, 0.1) is 11.7 Å². The molecule has 1 unspecified atom stereocenters. The number of hydrogen-bond acceptors (Lipinski definition) is 5. The number of amides is 1. The van der Waals surface area contributed by atoms with Crippen molar-refractivity contribution >= 4 is 22.7 Å². The maximum absolute atomic E-state index is 13.5. The van der Waals surface area contributed by atoms with E-state index < -0.39 is 6.04 Å². The lowest BCUT2D eigenvalue weighted by molar-refractivity contribution is -0.121. The number of rotatable bonds is 6. The Morgan fingerprint density at radius 3 is 2.66 bits per heavy atom. The lowest BCUT2D eigenvalue weighted by Crippen LogP contribution is -2.35. The lowest BCUT2D eigenvalue weighted by Gasteiger charge is -2.23. The summed E-state index contributed by atoms with van der Waals surface area (Å²) in [6.07, 6.45) is 4.93. The van der Waals surface area contributed by atoms with Gasteiger partial charge in [-0.2, -0.15) is 5.10 Å². The number of ether oxygens (including phenoxy) is 1. The molecule has 0 spiro atoms. The lowest BCUT2D eigenvalue weighted by atomic mass is 9.97. The van der Waals surface area contributed by atoms with Crippen LogP contribution in [-0.2, 0) is 15.1 Å². The van der Waals surface area contributed by atoms with E-state index in [1.807, 2.05) is 4.68 Å². The molecule has 1 aromatic heterocycles. The third-order valence-corrected chi connectivity index (χ3v) is 6.98. The fourth-order valence-electron chi connectivity index (χ4n) is 4.11. The number of halogens is 1. The summed E-state index contributed by atoms with van der Waals surface area (Å²) >= 11 is 1.57. The summed E-state index contributed by atoms with van der Waals surface area (Å²) in [7, 11) is 0. The molecule has 2 aliphatic rings. The van der Waals surface area contributed by atoms with Crippen molar-refractivity contribution in [2.75, 3.05) is 25.5 Å². The molecule has 4 rings (SSSR count). The topological polar surface area (TPSA) is 68.5 Å². The molecular formula is C24H31FN4O2S. The number of hydrogen-bond donors (Lipinski definition) is 1. The molecule has 32 heavy (non-hydrogen) atoms. The van der Waals surface area contributed by atoms with Crippen LogP contribution in [0.3, 0.4) is 0 Å². The molecule has 172 valence electrons. The van der Waals surface area contributed by atoms with Gasteiger partial charge in [-0.05, 0) is 70.2 Å². The zero-order valence-electron chi connectivity index (χ0n) is 18.9. The summed E-state index contributed by atoms with van der Waals surface area (Å²) in [6, 6.07) is 6.04. The zero-order chi connectivity index (χ0) is 22.7. The first-order valence-corrected chi connectivity index (χ1v) is 12.2. The van der Waals surface area contributed by atoms with Crippen molar-refractivity contribution in [3.63, 3.8) is 0 Å². The molecule has 1 atom stereocenters. The second-order valence-corrected chi connectivity index (χ2v) is 10.4. The second-order valence-electron chi connectivity index (χ2n) is 9.39. The molecule has 2 aromatic rings. The largest absolute Gasteiger partial charge is 0.381 e. The van der Waals surface area contributed by atoms with Crippen molar-refractivity contribution in [3.05, 3.63) is 41.8 Å². The number of carbonyl (C=O) groups is 1. The first-order chi connectivity index (χ1) is 15.3. The smallest absolute Gasteiger partial charge is 0.245 e. The fourth-order valence-corrected chi connectivity index (χ4v) is 5.16. The summed E-state index contributed by atoms with van der Waals surface area (Å²) in [6.45, 7) is 8.56. The standard InChI is InChI=1S/C24H31FN4O2S/c1-24(2,3)29-21(17-4-6-18(25)7-5-17)19(14-27-29)23-28-20(15-32-23)22(30)26-11-8-16-9-12-31-13-10-16/h4-7,14,16,20H,8-13,15H2,1-3H3,(H,26,30). The van der Waals surface area contributed by atoms with E-state index in [1.54, 1.807) is 30.1 Å². The highest BCUT2D eigenvalue weighted by Gasteiger charge is 2.30. The van der Waals surface area contributed by atoms with Gasteiger partial charge in [0.25, 0.3) is 0 Å². The van der Waals surface area contributed by atoms with Crippen LogP contribution < -0.4 is 5.32 Å². The molecule has 2 aliphatic heterocycles. The second kappa shape index (κ2) is 9.75. The van der Waals surface area contributed by atoms with E-state index in [1.165, 1.54) is 12.1 Å². The van der Waals surface area contributed by atoms with Crippen molar-refractivity contribution in [3.8, 4) is 11.3 Å². The number of carbonyl (C=O) groups excluding carboxylic acids is 1. The van der Waals surface area contributed by atoms with Crippen LogP contribution in [0.25, 0.3) is 11.3 Å². The highest BCUT2D eigenvalue weighted by atomic mass is 32.2. The van der Waals surface area contributed by atoms with Crippen LogP contribution in [0.5, 0.6) is 0 Å². The van der Waals surface area contributed by atoms with Crippen LogP contribution in [0.4, 0.5) is 4.39 Å². The van der Waals surface area contributed by atoms with Gasteiger partial charge in [0.2, 0.25) is 5.91 Å². The Bertz CT molecular complexity index is 975. The van der Waals surface area contributed by atoms with E-state index in [9.17, 15) is 9.18 Å². The highest BCUT2D eigenvalue weighted by Crippen LogP contribution is 2.34. The molecule has 6 nitrogen and oxygen atoms in total. The molecule has 1 fully saturated rings. The molecule has 1 N–H and O–H groups in total. The van der Waals surface area contributed by atoms with Gasteiger partial charge >= 0.3 is 0 Å². The number of benzene rings is 1. The minimum absolute atomic E-state index is 0.0221. The van der Waals surface area contributed by atoms with Gasteiger partial charge in [-0.25, -0.2) is 4.39 Å². The number of aliphatic imine (C=N–C) groups is 1. The zero-order valence-corrected chi connectivity index (χ0v) is 19.8. The Labute approximate surface area is 193 Å². The summed E-state index contributed by atoms with van der Waals surface area (Å²) in [5, 5.41) is 8.49. The number of nitrogens with zero attached hydrogens (tertiary/aromatic N) is 3. The van der Waals surface area contributed by atoms with E-state index in [0.29, 0.717) is 18.2 Å². The molecule has 0 saturated carbocycles. The van der Waals surface area contributed by atoms with Crippen molar-refractivity contribution in [1.29, 1.82) is 0 Å². The summed E-state index contributed by atoms with van der Waals surface area (Å²) in [4.78, 5) is 17.4. The van der Waals surface area contributed by atoms with E-state index in [0.717, 1.165) is 54.3 Å². The fraction of sp³-hybridized carbons (Fsp3) is 0.542. The molecular weight excluding hydrogens is 427 g/mol. The predicted molar refractivity (Wildman–Crippen MR) is 127 cm³/mol. The van der Waals surface area contributed by atoms with Gasteiger partial charge in [0.15, 0.2) is 0 Å². The van der Waals surface area contributed by atoms with Gasteiger partial charge in [-0.3, -0.25) is 14.5 Å². The molecule has 0 radical (unpaired) electrons. The minimum atomic E-state index is -0.399. The Hall–Kier alpha value is -2.19. The molecule has 1 aromatic carbocycles. The quantitative estimate of drug-likeness (QED) is 0.703. The normalized spacial score (nSPS) is 19.8. The average molecular weight is 459 g/mol. The SMILES string of the molecule is CC(C)(C)n1ncc(C2=NC(C(=O)NCCC3CCOCC3)CS2)c1-c1ccc(F)cc1. The van der Waals surface area contributed by atoms with Crippen LogP contribution in [0.2, 0.25) is 0 Å². The van der Waals surface area contributed by atoms with Gasteiger partial charge < -0.3 is 10.1 Å². The first-order valence-electron chi connectivity index (χ1n) is 11.2. The molecule has 0 bridgehead atoms. The van der Waals surface area contributed by atoms with Crippen LogP contribution in [0.1, 0.15) is 45.6 Å². The van der Waals surface area contributed by atoms with E-state index >= 15 is 0 Å². The van der Waals surface area contributed by atoms with E-state index in [-0.39, 0.29) is 17.3 Å². The summed E-state index contributed by atoms with van der Waals surface area (Å²) in [5.74, 6) is 0.943. The Morgan fingerprint density at radius 1 is 1.25 bits per heavy atom. The summed E-state index contributed by atoms with van der Waals surface area (Å²) in [5.41, 5.74) is 2.40. The van der Waals surface area contributed by atoms with Gasteiger partial charge in [-0.1, -0.05) is 0 Å². The summed E-state index contributed by atoms with van der Waals surface area (Å²) < 4.78 is 20.9. The van der Waals surface area contributed by atoms with Gasteiger partial charge in [0, 0.05) is 31.1 Å². The van der Waals surface area contributed by atoms with Crippen molar-refractivity contribution < 1.29 is 13.9 Å². The molecule has 1 amide bonds. The minimum Gasteiger partial charge on any atom is -0.381 e. The van der Waals surface area contributed by atoms with Crippen molar-refractivity contribution in [1.82, 2.24) is 15.1 Å². The number of thioether (sulfide) groups is 1. The Kier molecular flexibility index (Phi) is 7.00. The highest BCUT2D eigenvalue weighted by molar-refractivity contribution is 8.14.